The molecule has 0 amide bonds. The highest BCUT2D eigenvalue weighted by molar-refractivity contribution is 5.78. The highest BCUT2D eigenvalue weighted by Gasteiger charge is 2.21. The van der Waals surface area contributed by atoms with Crippen LogP contribution in [-0.4, -0.2) is 12.2 Å². The molecule has 21 heavy (non-hydrogen) atoms. The van der Waals surface area contributed by atoms with Crippen molar-refractivity contribution in [3.05, 3.63) is 64.9 Å². The molecule has 1 atom stereocenters. The monoisotopic (exact) mass is 282 g/mol. The fourth-order valence-corrected chi connectivity index (χ4v) is 2.74. The molecule has 1 heterocycles. The van der Waals surface area contributed by atoms with E-state index in [1.807, 2.05) is 56.3 Å². The molecule has 108 valence electrons. The van der Waals surface area contributed by atoms with Gasteiger partial charge in [-0.05, 0) is 43.2 Å². The summed E-state index contributed by atoms with van der Waals surface area (Å²) in [6.45, 7) is 3.98. The van der Waals surface area contributed by atoms with E-state index in [1.54, 1.807) is 7.11 Å². The molecule has 3 rings (SSSR count). The quantitative estimate of drug-likeness (QED) is 0.785. The van der Waals surface area contributed by atoms with E-state index >= 15 is 0 Å². The van der Waals surface area contributed by atoms with E-state index in [1.165, 1.54) is 0 Å². The number of fused-ring (bicyclic) bond motifs is 1. The largest absolute Gasteiger partial charge is 0.496 e. The molecule has 3 heteroatoms. The number of methoxy groups -OCH3 is 1. The molecule has 2 aromatic carbocycles. The normalized spacial score (nSPS) is 12.6. The standard InChI is InChI=1S/C18H18O3/c1-11-8-12(2)17(15(9-11)20-3)18(19)16-10-13-6-4-5-7-14(13)21-16/h4-10,18-19H,1-3H3. The number of para-hydroxylation sites is 1. The molecule has 1 unspecified atom stereocenters. The first-order chi connectivity index (χ1) is 10.1. The van der Waals surface area contributed by atoms with E-state index < -0.39 is 6.10 Å². The number of aliphatic hydroxyl groups is 1. The second-order valence-electron chi connectivity index (χ2n) is 5.29. The fourth-order valence-electron chi connectivity index (χ4n) is 2.74. The van der Waals surface area contributed by atoms with Gasteiger partial charge < -0.3 is 14.3 Å². The molecule has 0 bridgehead atoms. The van der Waals surface area contributed by atoms with Gasteiger partial charge in [0.2, 0.25) is 0 Å². The van der Waals surface area contributed by atoms with Gasteiger partial charge in [0.25, 0.3) is 0 Å². The van der Waals surface area contributed by atoms with Crippen molar-refractivity contribution in [2.75, 3.05) is 7.11 Å². The molecule has 0 saturated heterocycles. The van der Waals surface area contributed by atoms with Gasteiger partial charge in [-0.25, -0.2) is 0 Å². The van der Waals surface area contributed by atoms with E-state index in [4.69, 9.17) is 9.15 Å². The van der Waals surface area contributed by atoms with Gasteiger partial charge >= 0.3 is 0 Å². The average molecular weight is 282 g/mol. The maximum absolute atomic E-state index is 10.7. The number of hydrogen-bond acceptors (Lipinski definition) is 3. The predicted octanol–water partition coefficient (Wildman–Crippen LogP) is 4.14. The summed E-state index contributed by atoms with van der Waals surface area (Å²) in [5, 5.41) is 11.7. The maximum atomic E-state index is 10.7. The molecule has 3 aromatic rings. The van der Waals surface area contributed by atoms with Crippen molar-refractivity contribution in [3.63, 3.8) is 0 Å². The van der Waals surface area contributed by atoms with Crippen molar-refractivity contribution in [2.24, 2.45) is 0 Å². The predicted molar refractivity (Wildman–Crippen MR) is 82.7 cm³/mol. The van der Waals surface area contributed by atoms with Crippen LogP contribution < -0.4 is 4.74 Å². The average Bonchev–Trinajstić information content (AvgIpc) is 2.89. The highest BCUT2D eigenvalue weighted by atomic mass is 16.5. The second-order valence-corrected chi connectivity index (χ2v) is 5.29. The zero-order chi connectivity index (χ0) is 15.0. The highest BCUT2D eigenvalue weighted by Crippen LogP contribution is 2.35. The number of rotatable bonds is 3. The third kappa shape index (κ3) is 2.41. The fraction of sp³-hybridized carbons (Fsp3) is 0.222. The lowest BCUT2D eigenvalue weighted by atomic mass is 9.98. The molecule has 0 fully saturated rings. The Balaban J connectivity index is 2.11. The van der Waals surface area contributed by atoms with Crippen LogP contribution in [0.15, 0.2) is 46.9 Å². The Hall–Kier alpha value is -2.26. The van der Waals surface area contributed by atoms with Crippen LogP contribution in [0.1, 0.15) is 28.6 Å². The van der Waals surface area contributed by atoms with E-state index in [-0.39, 0.29) is 0 Å². The van der Waals surface area contributed by atoms with Crippen molar-refractivity contribution in [2.45, 2.75) is 20.0 Å². The minimum atomic E-state index is -0.840. The van der Waals surface area contributed by atoms with Gasteiger partial charge in [-0.3, -0.25) is 0 Å². The van der Waals surface area contributed by atoms with Crippen LogP contribution in [-0.2, 0) is 0 Å². The molecule has 3 nitrogen and oxygen atoms in total. The van der Waals surface area contributed by atoms with Gasteiger partial charge in [-0.2, -0.15) is 0 Å². The Kier molecular flexibility index (Phi) is 3.43. The van der Waals surface area contributed by atoms with E-state index in [0.29, 0.717) is 11.5 Å². The van der Waals surface area contributed by atoms with Crippen LogP contribution >= 0.6 is 0 Å². The first kappa shape index (κ1) is 13.7. The lowest BCUT2D eigenvalue weighted by Gasteiger charge is -2.16. The van der Waals surface area contributed by atoms with Gasteiger partial charge in [-0.1, -0.05) is 24.3 Å². The van der Waals surface area contributed by atoms with E-state index in [0.717, 1.165) is 27.7 Å². The Morgan fingerprint density at radius 3 is 2.57 bits per heavy atom. The van der Waals surface area contributed by atoms with Gasteiger partial charge in [0.1, 0.15) is 23.2 Å². The summed E-state index contributed by atoms with van der Waals surface area (Å²) in [5.74, 6) is 1.21. The molecule has 0 saturated carbocycles. The summed E-state index contributed by atoms with van der Waals surface area (Å²) >= 11 is 0. The van der Waals surface area contributed by atoms with Crippen LogP contribution in [0, 0.1) is 13.8 Å². The number of hydrogen-bond donors (Lipinski definition) is 1. The third-order valence-corrected chi connectivity index (χ3v) is 3.70. The van der Waals surface area contributed by atoms with Gasteiger partial charge in [-0.15, -0.1) is 0 Å². The number of aryl methyl sites for hydroxylation is 2. The zero-order valence-corrected chi connectivity index (χ0v) is 12.4. The maximum Gasteiger partial charge on any atom is 0.140 e. The van der Waals surface area contributed by atoms with Crippen LogP contribution in [0.25, 0.3) is 11.0 Å². The molecular weight excluding hydrogens is 264 g/mol. The SMILES string of the molecule is COc1cc(C)cc(C)c1C(O)c1cc2ccccc2o1. The minimum Gasteiger partial charge on any atom is -0.496 e. The van der Waals surface area contributed by atoms with E-state index in [2.05, 4.69) is 0 Å². The third-order valence-electron chi connectivity index (χ3n) is 3.70. The van der Waals surface area contributed by atoms with Gasteiger partial charge in [0, 0.05) is 10.9 Å². The Morgan fingerprint density at radius 1 is 1.10 bits per heavy atom. The van der Waals surface area contributed by atoms with Crippen molar-refractivity contribution >= 4 is 11.0 Å². The number of benzene rings is 2. The van der Waals surface area contributed by atoms with Crippen molar-refractivity contribution in [3.8, 4) is 5.75 Å². The zero-order valence-electron chi connectivity index (χ0n) is 12.4. The Morgan fingerprint density at radius 2 is 1.86 bits per heavy atom. The second kappa shape index (κ2) is 5.26. The van der Waals surface area contributed by atoms with E-state index in [9.17, 15) is 5.11 Å². The first-order valence-electron chi connectivity index (χ1n) is 6.92. The van der Waals surface area contributed by atoms with Gasteiger partial charge in [0.15, 0.2) is 0 Å². The summed E-state index contributed by atoms with van der Waals surface area (Å²) in [5.41, 5.74) is 3.61. The molecule has 0 spiro atoms. The van der Waals surface area contributed by atoms with Crippen molar-refractivity contribution < 1.29 is 14.3 Å². The van der Waals surface area contributed by atoms with Gasteiger partial charge in [0.05, 0.1) is 7.11 Å². The molecule has 0 aliphatic rings. The number of ether oxygens (including phenoxy) is 1. The first-order valence-corrected chi connectivity index (χ1v) is 6.92. The van der Waals surface area contributed by atoms with Crippen molar-refractivity contribution in [1.82, 2.24) is 0 Å². The number of aliphatic hydroxyl groups excluding tert-OH is 1. The summed E-state index contributed by atoms with van der Waals surface area (Å²) in [6, 6.07) is 13.6. The molecule has 1 aromatic heterocycles. The molecule has 1 N–H and O–H groups in total. The van der Waals surface area contributed by atoms with Crippen LogP contribution in [0.5, 0.6) is 5.75 Å². The molecular formula is C18H18O3. The van der Waals surface area contributed by atoms with Crippen LogP contribution in [0.3, 0.4) is 0 Å². The lowest BCUT2D eigenvalue weighted by molar-refractivity contribution is 0.187. The smallest absolute Gasteiger partial charge is 0.140 e. The van der Waals surface area contributed by atoms with Crippen molar-refractivity contribution in [1.29, 1.82) is 0 Å². The van der Waals surface area contributed by atoms with Crippen LogP contribution in [0.2, 0.25) is 0 Å². The summed E-state index contributed by atoms with van der Waals surface area (Å²) in [7, 11) is 1.61. The minimum absolute atomic E-state index is 0.529. The van der Waals surface area contributed by atoms with Crippen LogP contribution in [0.4, 0.5) is 0 Å². The summed E-state index contributed by atoms with van der Waals surface area (Å²) in [6.07, 6.45) is -0.840. The number of furan rings is 1. The topological polar surface area (TPSA) is 42.6 Å². The molecule has 0 aliphatic carbocycles. The molecule has 0 aliphatic heterocycles. The lowest BCUT2D eigenvalue weighted by Crippen LogP contribution is -2.04. The summed E-state index contributed by atoms with van der Waals surface area (Å²) in [4.78, 5) is 0. The summed E-state index contributed by atoms with van der Waals surface area (Å²) < 4.78 is 11.2. The Bertz CT molecular complexity index is 753. The Labute approximate surface area is 123 Å². The molecule has 0 radical (unpaired) electrons.